The second-order valence-electron chi connectivity index (χ2n) is 8.14. The minimum absolute atomic E-state index is 0.167. The van der Waals surface area contributed by atoms with E-state index in [-0.39, 0.29) is 16.4 Å². The van der Waals surface area contributed by atoms with E-state index in [4.69, 9.17) is 16.9 Å². The van der Waals surface area contributed by atoms with Gasteiger partial charge < -0.3 is 4.90 Å². The molecule has 2 fully saturated rings. The number of halogens is 1. The molecular formula is C22H20ClN3O4S. The monoisotopic (exact) mass is 457 g/mol. The predicted octanol–water partition coefficient (Wildman–Crippen LogP) is 2.74. The molecule has 160 valence electrons. The van der Waals surface area contributed by atoms with Gasteiger partial charge in [0.05, 0.1) is 21.9 Å². The second-order valence-corrected chi connectivity index (χ2v) is 10.3. The summed E-state index contributed by atoms with van der Waals surface area (Å²) in [6.45, 7) is 1.95. The van der Waals surface area contributed by atoms with Crippen LogP contribution in [-0.2, 0) is 25.0 Å². The molecule has 1 aliphatic heterocycles. The molecule has 0 bridgehead atoms. The average Bonchev–Trinajstić information content (AvgIpc) is 3.54. The van der Waals surface area contributed by atoms with E-state index in [0.29, 0.717) is 30.8 Å². The first-order valence-electron chi connectivity index (χ1n) is 9.78. The number of nitrogens with zero attached hydrogens (tertiary/aromatic N) is 2. The summed E-state index contributed by atoms with van der Waals surface area (Å²) in [6.07, 6.45) is 1.69. The van der Waals surface area contributed by atoms with Gasteiger partial charge in [-0.05, 0) is 62.1 Å². The van der Waals surface area contributed by atoms with E-state index in [2.05, 4.69) is 4.72 Å². The SMILES string of the molecule is CC1(C(=O)NS(=O)(=O)c2cccc(C#N)c2)CCN1C(=O)C1(c2ccc(Cl)cc2)CC1. The van der Waals surface area contributed by atoms with Crippen LogP contribution in [0.15, 0.2) is 53.4 Å². The normalized spacial score (nSPS) is 21.5. The van der Waals surface area contributed by atoms with Crippen molar-refractivity contribution in [1.29, 1.82) is 5.26 Å². The summed E-state index contributed by atoms with van der Waals surface area (Å²) in [5.41, 5.74) is -0.941. The van der Waals surface area contributed by atoms with Crippen molar-refractivity contribution in [2.24, 2.45) is 0 Å². The van der Waals surface area contributed by atoms with Gasteiger partial charge in [-0.15, -0.1) is 0 Å². The van der Waals surface area contributed by atoms with Crippen molar-refractivity contribution in [3.05, 3.63) is 64.7 Å². The first-order valence-corrected chi connectivity index (χ1v) is 11.6. The molecular weight excluding hydrogens is 438 g/mol. The van der Waals surface area contributed by atoms with Crippen LogP contribution < -0.4 is 4.72 Å². The first kappa shape index (κ1) is 21.3. The zero-order chi connectivity index (χ0) is 22.4. The Morgan fingerprint density at radius 2 is 1.81 bits per heavy atom. The van der Waals surface area contributed by atoms with Crippen LogP contribution in [0.3, 0.4) is 0 Å². The van der Waals surface area contributed by atoms with E-state index in [1.165, 1.54) is 29.2 Å². The number of hydrogen-bond acceptors (Lipinski definition) is 5. The molecule has 31 heavy (non-hydrogen) atoms. The highest BCUT2D eigenvalue weighted by molar-refractivity contribution is 7.90. The molecule has 1 atom stereocenters. The molecule has 1 saturated carbocycles. The molecule has 4 rings (SSSR count). The number of carbonyl (C=O) groups excluding carboxylic acids is 2. The standard InChI is InChI=1S/C22H20ClN3O4S/c1-21(19(27)25-31(29,30)18-4-2-3-15(13-18)14-24)11-12-26(21)20(28)22(9-10-22)16-5-7-17(23)8-6-16/h2-8,13H,9-12H2,1H3,(H,25,27). The van der Waals surface area contributed by atoms with Crippen LogP contribution >= 0.6 is 11.6 Å². The van der Waals surface area contributed by atoms with Crippen molar-refractivity contribution in [3.8, 4) is 6.07 Å². The lowest BCUT2D eigenvalue weighted by Gasteiger charge is -2.50. The van der Waals surface area contributed by atoms with Crippen molar-refractivity contribution in [2.45, 2.75) is 42.0 Å². The summed E-state index contributed by atoms with van der Waals surface area (Å²) in [6, 6.07) is 14.4. The van der Waals surface area contributed by atoms with Gasteiger partial charge in [-0.2, -0.15) is 5.26 Å². The Labute approximate surface area is 185 Å². The zero-order valence-electron chi connectivity index (χ0n) is 16.8. The number of rotatable bonds is 5. The first-order chi connectivity index (χ1) is 14.6. The summed E-state index contributed by atoms with van der Waals surface area (Å²) < 4.78 is 27.4. The van der Waals surface area contributed by atoms with Gasteiger partial charge in [0.25, 0.3) is 15.9 Å². The van der Waals surface area contributed by atoms with E-state index >= 15 is 0 Å². The Morgan fingerprint density at radius 3 is 2.35 bits per heavy atom. The number of nitrogens with one attached hydrogen (secondary N) is 1. The summed E-state index contributed by atoms with van der Waals surface area (Å²) in [5.74, 6) is -0.941. The second kappa shape index (κ2) is 7.36. The van der Waals surface area contributed by atoms with E-state index in [9.17, 15) is 18.0 Å². The van der Waals surface area contributed by atoms with Crippen molar-refractivity contribution in [1.82, 2.24) is 9.62 Å². The van der Waals surface area contributed by atoms with Gasteiger partial charge in [-0.25, -0.2) is 13.1 Å². The van der Waals surface area contributed by atoms with Crippen LogP contribution in [0.2, 0.25) is 5.02 Å². The minimum Gasteiger partial charge on any atom is -0.327 e. The molecule has 7 nitrogen and oxygen atoms in total. The van der Waals surface area contributed by atoms with Crippen LogP contribution in [0.5, 0.6) is 0 Å². The van der Waals surface area contributed by atoms with E-state index in [1.807, 2.05) is 18.2 Å². The van der Waals surface area contributed by atoms with Gasteiger partial charge in [-0.1, -0.05) is 29.8 Å². The molecule has 0 aromatic heterocycles. The lowest BCUT2D eigenvalue weighted by Crippen LogP contribution is -2.69. The summed E-state index contributed by atoms with van der Waals surface area (Å²) in [5, 5.41) is 9.56. The maximum absolute atomic E-state index is 13.4. The average molecular weight is 458 g/mol. The number of likely N-dealkylation sites (tertiary alicyclic amines) is 1. The molecule has 1 aliphatic carbocycles. The Balaban J connectivity index is 1.54. The third-order valence-corrected chi connectivity index (χ3v) is 7.79. The number of carbonyl (C=O) groups is 2. The lowest BCUT2D eigenvalue weighted by molar-refractivity contribution is -0.158. The van der Waals surface area contributed by atoms with Gasteiger partial charge in [0, 0.05) is 11.6 Å². The molecule has 0 radical (unpaired) electrons. The van der Waals surface area contributed by atoms with Gasteiger partial charge in [0.2, 0.25) is 5.91 Å². The molecule has 1 unspecified atom stereocenters. The van der Waals surface area contributed by atoms with Gasteiger partial charge in [0.15, 0.2) is 0 Å². The number of nitriles is 1. The number of sulfonamides is 1. The zero-order valence-corrected chi connectivity index (χ0v) is 18.3. The van der Waals surface area contributed by atoms with Crippen LogP contribution in [0, 0.1) is 11.3 Å². The molecule has 1 N–H and O–H groups in total. The van der Waals surface area contributed by atoms with Crippen molar-refractivity contribution in [3.63, 3.8) is 0 Å². The van der Waals surface area contributed by atoms with Crippen LogP contribution in [0.1, 0.15) is 37.3 Å². The molecule has 1 saturated heterocycles. The van der Waals surface area contributed by atoms with Crippen molar-refractivity contribution < 1.29 is 18.0 Å². The maximum Gasteiger partial charge on any atom is 0.264 e. The number of amides is 2. The molecule has 2 amide bonds. The smallest absolute Gasteiger partial charge is 0.264 e. The van der Waals surface area contributed by atoms with E-state index in [0.717, 1.165) is 5.56 Å². The summed E-state index contributed by atoms with van der Waals surface area (Å²) >= 11 is 5.96. The summed E-state index contributed by atoms with van der Waals surface area (Å²) in [7, 11) is -4.18. The molecule has 9 heteroatoms. The Hall–Kier alpha value is -2.89. The van der Waals surface area contributed by atoms with Gasteiger partial charge in [-0.3, -0.25) is 9.59 Å². The molecule has 2 aromatic rings. The third-order valence-electron chi connectivity index (χ3n) is 6.21. The van der Waals surface area contributed by atoms with Crippen molar-refractivity contribution in [2.75, 3.05) is 6.54 Å². The fourth-order valence-corrected chi connectivity index (χ4v) is 5.17. The third kappa shape index (κ3) is 3.58. The highest BCUT2D eigenvalue weighted by atomic mass is 35.5. The largest absolute Gasteiger partial charge is 0.327 e. The Kier molecular flexibility index (Phi) is 5.07. The summed E-state index contributed by atoms with van der Waals surface area (Å²) in [4.78, 5) is 27.6. The number of benzene rings is 2. The fraction of sp³-hybridized carbons (Fsp3) is 0.318. The van der Waals surface area contributed by atoms with E-state index < -0.39 is 26.9 Å². The Morgan fingerprint density at radius 1 is 1.13 bits per heavy atom. The minimum atomic E-state index is -4.18. The van der Waals surface area contributed by atoms with E-state index in [1.54, 1.807) is 19.1 Å². The van der Waals surface area contributed by atoms with Crippen molar-refractivity contribution >= 4 is 33.4 Å². The quantitative estimate of drug-likeness (QED) is 0.742. The molecule has 2 aliphatic rings. The predicted molar refractivity (Wildman–Crippen MR) is 114 cm³/mol. The van der Waals surface area contributed by atoms with Crippen LogP contribution in [0.25, 0.3) is 0 Å². The van der Waals surface area contributed by atoms with Gasteiger partial charge >= 0.3 is 0 Å². The maximum atomic E-state index is 13.4. The molecule has 0 spiro atoms. The topological polar surface area (TPSA) is 107 Å². The van der Waals surface area contributed by atoms with Crippen LogP contribution in [-0.4, -0.2) is 37.2 Å². The Bertz CT molecular complexity index is 1220. The molecule has 2 aromatic carbocycles. The van der Waals surface area contributed by atoms with Gasteiger partial charge in [0.1, 0.15) is 5.54 Å². The fourth-order valence-electron chi connectivity index (χ4n) is 3.92. The highest BCUT2D eigenvalue weighted by Crippen LogP contribution is 2.52. The highest BCUT2D eigenvalue weighted by Gasteiger charge is 2.60. The van der Waals surface area contributed by atoms with Crippen LogP contribution in [0.4, 0.5) is 0 Å². The molecule has 1 heterocycles. The lowest BCUT2D eigenvalue weighted by atomic mass is 9.82. The number of hydrogen-bond donors (Lipinski definition) is 1.